The van der Waals surface area contributed by atoms with E-state index in [4.69, 9.17) is 5.73 Å². The number of alkyl halides is 3. The fourth-order valence-electron chi connectivity index (χ4n) is 2.13. The van der Waals surface area contributed by atoms with Crippen molar-refractivity contribution in [3.05, 3.63) is 53.9 Å². The van der Waals surface area contributed by atoms with E-state index < -0.39 is 11.7 Å². The molecule has 0 spiro atoms. The second-order valence-corrected chi connectivity index (χ2v) is 4.64. The molecule has 1 aromatic carbocycles. The number of aromatic nitrogens is 1. The van der Waals surface area contributed by atoms with Gasteiger partial charge >= 0.3 is 6.18 Å². The molecule has 2 rings (SSSR count). The minimum absolute atomic E-state index is 0.103. The summed E-state index contributed by atoms with van der Waals surface area (Å²) in [5.41, 5.74) is 5.92. The monoisotopic (exact) mass is 295 g/mol. The second kappa shape index (κ2) is 6.03. The highest BCUT2D eigenvalue weighted by Crippen LogP contribution is 2.38. The Balaban J connectivity index is 2.38. The smallest absolute Gasteiger partial charge is 0.399 e. The first-order valence-corrected chi connectivity index (χ1v) is 6.52. The zero-order valence-corrected chi connectivity index (χ0v) is 11.6. The first-order chi connectivity index (χ1) is 9.91. The summed E-state index contributed by atoms with van der Waals surface area (Å²) in [5.74, 6) is 0. The van der Waals surface area contributed by atoms with E-state index in [1.54, 1.807) is 29.4 Å². The Morgan fingerprint density at radius 1 is 1.14 bits per heavy atom. The maximum atomic E-state index is 13.2. The van der Waals surface area contributed by atoms with E-state index in [9.17, 15) is 13.2 Å². The molecular formula is C15H16F3N3. The Bertz CT molecular complexity index is 597. The van der Waals surface area contributed by atoms with Crippen molar-refractivity contribution in [1.82, 2.24) is 4.98 Å². The van der Waals surface area contributed by atoms with Crippen molar-refractivity contribution in [3.8, 4) is 0 Å². The summed E-state index contributed by atoms with van der Waals surface area (Å²) in [6.45, 7) is 2.65. The predicted octanol–water partition coefficient (Wildman–Crippen LogP) is 3.71. The zero-order valence-electron chi connectivity index (χ0n) is 11.6. The van der Waals surface area contributed by atoms with Crippen LogP contribution in [0, 0.1) is 0 Å². The van der Waals surface area contributed by atoms with Crippen LogP contribution in [0.25, 0.3) is 0 Å². The molecule has 1 aromatic heterocycles. The molecule has 0 atom stereocenters. The van der Waals surface area contributed by atoms with Crippen LogP contribution in [0.15, 0.2) is 42.7 Å². The van der Waals surface area contributed by atoms with Crippen molar-refractivity contribution in [2.75, 3.05) is 17.2 Å². The van der Waals surface area contributed by atoms with E-state index in [0.29, 0.717) is 13.1 Å². The van der Waals surface area contributed by atoms with Gasteiger partial charge in [-0.3, -0.25) is 4.98 Å². The summed E-state index contributed by atoms with van der Waals surface area (Å²) < 4.78 is 39.5. The molecule has 0 saturated carbocycles. The quantitative estimate of drug-likeness (QED) is 0.874. The molecule has 2 N–H and O–H groups in total. The van der Waals surface area contributed by atoms with Crippen LogP contribution < -0.4 is 10.6 Å². The number of halogens is 3. The average Bonchev–Trinajstić information content (AvgIpc) is 2.45. The molecule has 0 aliphatic rings. The lowest BCUT2D eigenvalue weighted by molar-refractivity contribution is -0.137. The molecule has 6 heteroatoms. The van der Waals surface area contributed by atoms with Gasteiger partial charge in [0.15, 0.2) is 0 Å². The molecule has 3 nitrogen and oxygen atoms in total. The number of nitrogen functional groups attached to an aromatic ring is 1. The maximum Gasteiger partial charge on any atom is 0.418 e. The Kier molecular flexibility index (Phi) is 4.35. The highest BCUT2D eigenvalue weighted by Gasteiger charge is 2.34. The number of rotatable bonds is 4. The number of pyridine rings is 1. The fraction of sp³-hybridized carbons (Fsp3) is 0.267. The van der Waals surface area contributed by atoms with Crippen molar-refractivity contribution in [2.45, 2.75) is 19.6 Å². The van der Waals surface area contributed by atoms with Crippen molar-refractivity contribution < 1.29 is 13.2 Å². The Labute approximate surface area is 121 Å². The maximum absolute atomic E-state index is 13.2. The highest BCUT2D eigenvalue weighted by atomic mass is 19.4. The van der Waals surface area contributed by atoms with Crippen LogP contribution in [0.1, 0.15) is 18.1 Å². The Morgan fingerprint density at radius 2 is 1.81 bits per heavy atom. The van der Waals surface area contributed by atoms with Gasteiger partial charge in [0.25, 0.3) is 0 Å². The van der Waals surface area contributed by atoms with Crippen LogP contribution in [0.4, 0.5) is 24.5 Å². The number of hydrogen-bond donors (Lipinski definition) is 1. The van der Waals surface area contributed by atoms with Crippen molar-refractivity contribution in [1.29, 1.82) is 0 Å². The van der Waals surface area contributed by atoms with Gasteiger partial charge in [0.2, 0.25) is 0 Å². The topological polar surface area (TPSA) is 42.2 Å². The van der Waals surface area contributed by atoms with Gasteiger partial charge in [-0.2, -0.15) is 13.2 Å². The standard InChI is InChI=1S/C15H16F3N3/c1-2-21(10-11-5-7-20-8-6-11)14-4-3-12(19)9-13(14)15(16,17)18/h3-9H,2,10,19H2,1H3. The second-order valence-electron chi connectivity index (χ2n) is 4.64. The molecule has 0 aliphatic heterocycles. The molecule has 0 saturated heterocycles. The normalized spacial score (nSPS) is 11.4. The van der Waals surface area contributed by atoms with E-state index in [2.05, 4.69) is 4.98 Å². The van der Waals surface area contributed by atoms with Crippen LogP contribution in [-0.4, -0.2) is 11.5 Å². The summed E-state index contributed by atoms with van der Waals surface area (Å²) >= 11 is 0. The summed E-state index contributed by atoms with van der Waals surface area (Å²) in [6.07, 6.45) is -1.19. The number of hydrogen-bond acceptors (Lipinski definition) is 3. The molecule has 0 unspecified atom stereocenters. The van der Waals surface area contributed by atoms with E-state index in [0.717, 1.165) is 11.6 Å². The molecule has 21 heavy (non-hydrogen) atoms. The van der Waals surface area contributed by atoms with Crippen molar-refractivity contribution >= 4 is 11.4 Å². The fourth-order valence-corrected chi connectivity index (χ4v) is 2.13. The van der Waals surface area contributed by atoms with Gasteiger partial charge in [-0.05, 0) is 42.8 Å². The minimum Gasteiger partial charge on any atom is -0.399 e. The van der Waals surface area contributed by atoms with Crippen molar-refractivity contribution in [2.24, 2.45) is 0 Å². The van der Waals surface area contributed by atoms with Gasteiger partial charge in [0.1, 0.15) is 0 Å². The highest BCUT2D eigenvalue weighted by molar-refractivity contribution is 5.61. The van der Waals surface area contributed by atoms with Gasteiger partial charge in [0.05, 0.1) is 5.56 Å². The number of anilines is 2. The van der Waals surface area contributed by atoms with Gasteiger partial charge in [0, 0.05) is 36.9 Å². The van der Waals surface area contributed by atoms with Gasteiger partial charge in [-0.1, -0.05) is 0 Å². The number of benzene rings is 1. The summed E-state index contributed by atoms with van der Waals surface area (Å²) in [4.78, 5) is 5.57. The first kappa shape index (κ1) is 15.2. The Hall–Kier alpha value is -2.24. The van der Waals surface area contributed by atoms with Crippen LogP contribution in [0.5, 0.6) is 0 Å². The van der Waals surface area contributed by atoms with Crippen LogP contribution in [0.3, 0.4) is 0 Å². The third-order valence-corrected chi connectivity index (χ3v) is 3.17. The number of nitrogens with zero attached hydrogens (tertiary/aromatic N) is 2. The lowest BCUT2D eigenvalue weighted by Gasteiger charge is -2.27. The SMILES string of the molecule is CCN(Cc1ccncc1)c1ccc(N)cc1C(F)(F)F. The van der Waals surface area contributed by atoms with E-state index in [1.807, 2.05) is 6.92 Å². The first-order valence-electron chi connectivity index (χ1n) is 6.52. The molecule has 0 aliphatic carbocycles. The largest absolute Gasteiger partial charge is 0.418 e. The van der Waals surface area contributed by atoms with Crippen LogP contribution >= 0.6 is 0 Å². The lowest BCUT2D eigenvalue weighted by Crippen LogP contribution is -2.25. The molecule has 112 valence electrons. The zero-order chi connectivity index (χ0) is 15.5. The van der Waals surface area contributed by atoms with Crippen molar-refractivity contribution in [3.63, 3.8) is 0 Å². The lowest BCUT2D eigenvalue weighted by atomic mass is 10.1. The molecule has 2 aromatic rings. The summed E-state index contributed by atoms with van der Waals surface area (Å²) in [5, 5.41) is 0. The molecule has 0 fully saturated rings. The van der Waals surface area contributed by atoms with Crippen LogP contribution in [0.2, 0.25) is 0 Å². The van der Waals surface area contributed by atoms with E-state index in [1.165, 1.54) is 12.1 Å². The van der Waals surface area contributed by atoms with E-state index >= 15 is 0 Å². The predicted molar refractivity (Wildman–Crippen MR) is 76.8 cm³/mol. The third kappa shape index (κ3) is 3.65. The van der Waals surface area contributed by atoms with E-state index in [-0.39, 0.29) is 11.4 Å². The molecular weight excluding hydrogens is 279 g/mol. The summed E-state index contributed by atoms with van der Waals surface area (Å²) in [6, 6.07) is 7.45. The molecule has 0 bridgehead atoms. The van der Waals surface area contributed by atoms with Gasteiger partial charge < -0.3 is 10.6 Å². The Morgan fingerprint density at radius 3 is 2.38 bits per heavy atom. The third-order valence-electron chi connectivity index (χ3n) is 3.17. The average molecular weight is 295 g/mol. The molecule has 1 heterocycles. The van der Waals surface area contributed by atoms with Gasteiger partial charge in [-0.15, -0.1) is 0 Å². The number of nitrogens with two attached hydrogens (primary N) is 1. The van der Waals surface area contributed by atoms with Gasteiger partial charge in [-0.25, -0.2) is 0 Å². The molecule has 0 amide bonds. The van der Waals surface area contributed by atoms with Crippen LogP contribution in [-0.2, 0) is 12.7 Å². The summed E-state index contributed by atoms with van der Waals surface area (Å²) in [7, 11) is 0. The minimum atomic E-state index is -4.43. The molecule has 0 radical (unpaired) electrons.